The number of ether oxygens (including phenoxy) is 3. The molecular weight excluding hydrogens is 420 g/mol. The number of carbonyl (C=O) groups excluding carboxylic acids is 1. The van der Waals surface area contributed by atoms with Gasteiger partial charge in [-0.05, 0) is 61.7 Å². The summed E-state index contributed by atoms with van der Waals surface area (Å²) in [6, 6.07) is 11.5. The maximum atomic E-state index is 12.5. The van der Waals surface area contributed by atoms with Crippen molar-refractivity contribution in [1.82, 2.24) is 10.0 Å². The second kappa shape index (κ2) is 11.6. The van der Waals surface area contributed by atoms with Crippen LogP contribution in [-0.2, 0) is 21.2 Å². The van der Waals surface area contributed by atoms with Gasteiger partial charge in [0.2, 0.25) is 10.0 Å². The minimum Gasteiger partial charge on any atom is -0.493 e. The first kappa shape index (κ1) is 24.5. The van der Waals surface area contributed by atoms with Crippen LogP contribution in [0.25, 0.3) is 0 Å². The summed E-state index contributed by atoms with van der Waals surface area (Å²) in [7, 11) is -0.556. The molecule has 2 aromatic rings. The Morgan fingerprint density at radius 3 is 2.32 bits per heavy atom. The van der Waals surface area contributed by atoms with Crippen molar-refractivity contribution in [2.45, 2.75) is 37.6 Å². The summed E-state index contributed by atoms with van der Waals surface area (Å²) >= 11 is 0. The number of amides is 1. The molecule has 0 radical (unpaired) electrons. The quantitative estimate of drug-likeness (QED) is 0.515. The summed E-state index contributed by atoms with van der Waals surface area (Å²) in [5.41, 5.74) is 0.916. The molecule has 0 aromatic heterocycles. The summed E-state index contributed by atoms with van der Waals surface area (Å²) in [6.45, 7) is 3.99. The lowest BCUT2D eigenvalue weighted by Crippen LogP contribution is -2.35. The Morgan fingerprint density at radius 2 is 1.71 bits per heavy atom. The predicted molar refractivity (Wildman–Crippen MR) is 118 cm³/mol. The normalized spacial score (nSPS) is 12.1. The van der Waals surface area contributed by atoms with Crippen LogP contribution in [-0.4, -0.2) is 47.7 Å². The van der Waals surface area contributed by atoms with E-state index in [1.165, 1.54) is 24.3 Å². The maximum Gasteiger partial charge on any atom is 0.258 e. The van der Waals surface area contributed by atoms with Crippen LogP contribution in [0.1, 0.15) is 25.8 Å². The molecule has 1 atom stereocenters. The van der Waals surface area contributed by atoms with E-state index in [9.17, 15) is 13.2 Å². The van der Waals surface area contributed by atoms with Gasteiger partial charge in [-0.2, -0.15) is 0 Å². The fourth-order valence-electron chi connectivity index (χ4n) is 2.73. The SMILES string of the molecule is CC[C@H](C)NC(=O)COc1ccc(S(=O)(=O)NCCc2ccc(OC)c(OC)c2)cc1. The summed E-state index contributed by atoms with van der Waals surface area (Å²) < 4.78 is 43.5. The van der Waals surface area contributed by atoms with Gasteiger partial charge in [-0.3, -0.25) is 4.79 Å². The highest BCUT2D eigenvalue weighted by atomic mass is 32.2. The molecule has 2 N–H and O–H groups in total. The fourth-order valence-corrected chi connectivity index (χ4v) is 3.76. The number of benzene rings is 2. The lowest BCUT2D eigenvalue weighted by atomic mass is 10.1. The molecule has 0 heterocycles. The number of nitrogens with one attached hydrogen (secondary N) is 2. The van der Waals surface area contributed by atoms with Crippen molar-refractivity contribution in [1.29, 1.82) is 0 Å². The zero-order valence-electron chi connectivity index (χ0n) is 18.3. The van der Waals surface area contributed by atoms with Crippen molar-refractivity contribution in [2.24, 2.45) is 0 Å². The number of methoxy groups -OCH3 is 2. The number of carbonyl (C=O) groups is 1. The van der Waals surface area contributed by atoms with E-state index in [-0.39, 0.29) is 30.0 Å². The van der Waals surface area contributed by atoms with Gasteiger partial charge in [0.15, 0.2) is 18.1 Å². The summed E-state index contributed by atoms with van der Waals surface area (Å²) in [6.07, 6.45) is 1.32. The topological polar surface area (TPSA) is 103 Å². The zero-order valence-corrected chi connectivity index (χ0v) is 19.1. The Hall–Kier alpha value is -2.78. The van der Waals surface area contributed by atoms with Gasteiger partial charge in [0, 0.05) is 12.6 Å². The minimum atomic E-state index is -3.67. The Bertz CT molecular complexity index is 960. The van der Waals surface area contributed by atoms with Crippen molar-refractivity contribution in [3.05, 3.63) is 48.0 Å². The van der Waals surface area contributed by atoms with Gasteiger partial charge in [0.25, 0.3) is 5.91 Å². The highest BCUT2D eigenvalue weighted by Gasteiger charge is 2.14. The second-order valence-electron chi connectivity index (χ2n) is 6.97. The molecule has 0 aliphatic rings. The second-order valence-corrected chi connectivity index (χ2v) is 8.74. The molecule has 0 aliphatic carbocycles. The van der Waals surface area contributed by atoms with Crippen LogP contribution in [0, 0.1) is 0 Å². The van der Waals surface area contributed by atoms with E-state index < -0.39 is 10.0 Å². The first-order chi connectivity index (χ1) is 14.8. The molecule has 0 saturated heterocycles. The Morgan fingerprint density at radius 1 is 1.03 bits per heavy atom. The summed E-state index contributed by atoms with van der Waals surface area (Å²) in [5.74, 6) is 1.41. The van der Waals surface area contributed by atoms with Gasteiger partial charge in [0.1, 0.15) is 5.75 Å². The van der Waals surface area contributed by atoms with E-state index >= 15 is 0 Å². The number of hydrogen-bond donors (Lipinski definition) is 2. The predicted octanol–water partition coefficient (Wildman–Crippen LogP) is 2.52. The van der Waals surface area contributed by atoms with Crippen LogP contribution in [0.3, 0.4) is 0 Å². The monoisotopic (exact) mass is 450 g/mol. The van der Waals surface area contributed by atoms with Gasteiger partial charge in [-0.1, -0.05) is 13.0 Å². The molecule has 0 fully saturated rings. The smallest absolute Gasteiger partial charge is 0.258 e. The van der Waals surface area contributed by atoms with Crippen LogP contribution in [0.2, 0.25) is 0 Å². The van der Waals surface area contributed by atoms with E-state index in [4.69, 9.17) is 14.2 Å². The molecule has 0 saturated carbocycles. The van der Waals surface area contributed by atoms with Gasteiger partial charge < -0.3 is 19.5 Å². The van der Waals surface area contributed by atoms with Crippen LogP contribution in [0.4, 0.5) is 0 Å². The van der Waals surface area contributed by atoms with E-state index in [1.54, 1.807) is 20.3 Å². The summed E-state index contributed by atoms with van der Waals surface area (Å²) in [5, 5.41) is 2.80. The van der Waals surface area contributed by atoms with E-state index in [2.05, 4.69) is 10.0 Å². The first-order valence-electron chi connectivity index (χ1n) is 10.0. The molecule has 0 unspecified atom stereocenters. The summed E-state index contributed by atoms with van der Waals surface area (Å²) in [4.78, 5) is 11.9. The number of rotatable bonds is 12. The molecule has 1 amide bonds. The molecular formula is C22H30N2O6S. The number of sulfonamides is 1. The third kappa shape index (κ3) is 7.45. The average molecular weight is 451 g/mol. The third-order valence-electron chi connectivity index (χ3n) is 4.68. The Balaban J connectivity index is 1.88. The molecule has 31 heavy (non-hydrogen) atoms. The molecule has 0 bridgehead atoms. The van der Waals surface area contributed by atoms with E-state index in [0.717, 1.165) is 12.0 Å². The van der Waals surface area contributed by atoms with Crippen LogP contribution in [0.5, 0.6) is 17.2 Å². The molecule has 2 rings (SSSR count). The van der Waals surface area contributed by atoms with Crippen LogP contribution < -0.4 is 24.2 Å². The standard InChI is InChI=1S/C22H30N2O6S/c1-5-16(2)24-22(25)15-30-18-7-9-19(10-8-18)31(26,27)23-13-12-17-6-11-20(28-3)21(14-17)29-4/h6-11,14,16,23H,5,12-13,15H2,1-4H3,(H,24,25)/t16-/m0/s1. The molecule has 0 spiro atoms. The van der Waals surface area contributed by atoms with E-state index in [0.29, 0.717) is 23.7 Å². The van der Waals surface area contributed by atoms with Gasteiger partial charge in [-0.15, -0.1) is 0 Å². The molecule has 8 nitrogen and oxygen atoms in total. The first-order valence-corrected chi connectivity index (χ1v) is 11.5. The molecule has 9 heteroatoms. The molecule has 0 aliphatic heterocycles. The van der Waals surface area contributed by atoms with E-state index in [1.807, 2.05) is 26.0 Å². The Labute approximate surface area is 184 Å². The van der Waals surface area contributed by atoms with Gasteiger partial charge >= 0.3 is 0 Å². The van der Waals surface area contributed by atoms with Crippen LogP contribution >= 0.6 is 0 Å². The lowest BCUT2D eigenvalue weighted by molar-refractivity contribution is -0.123. The minimum absolute atomic E-state index is 0.0775. The largest absolute Gasteiger partial charge is 0.493 e. The molecule has 170 valence electrons. The third-order valence-corrected chi connectivity index (χ3v) is 6.15. The maximum absolute atomic E-state index is 12.5. The lowest BCUT2D eigenvalue weighted by Gasteiger charge is -2.12. The fraction of sp³-hybridized carbons (Fsp3) is 0.409. The Kier molecular flexibility index (Phi) is 9.14. The molecule has 2 aromatic carbocycles. The highest BCUT2D eigenvalue weighted by molar-refractivity contribution is 7.89. The number of hydrogen-bond acceptors (Lipinski definition) is 6. The van der Waals surface area contributed by atoms with Crippen molar-refractivity contribution < 1.29 is 27.4 Å². The highest BCUT2D eigenvalue weighted by Crippen LogP contribution is 2.27. The average Bonchev–Trinajstić information content (AvgIpc) is 2.77. The van der Waals surface area contributed by atoms with Crippen molar-refractivity contribution in [3.8, 4) is 17.2 Å². The van der Waals surface area contributed by atoms with Gasteiger partial charge in [0.05, 0.1) is 19.1 Å². The van der Waals surface area contributed by atoms with Crippen molar-refractivity contribution in [2.75, 3.05) is 27.4 Å². The zero-order chi connectivity index (χ0) is 22.9. The van der Waals surface area contributed by atoms with Gasteiger partial charge in [-0.25, -0.2) is 13.1 Å². The van der Waals surface area contributed by atoms with Crippen molar-refractivity contribution >= 4 is 15.9 Å². The van der Waals surface area contributed by atoms with Crippen molar-refractivity contribution in [3.63, 3.8) is 0 Å². The van der Waals surface area contributed by atoms with Crippen LogP contribution in [0.15, 0.2) is 47.4 Å².